The molecule has 0 aliphatic carbocycles. The summed E-state index contributed by atoms with van der Waals surface area (Å²) >= 11 is 1.18. The number of hydrogen-bond donors (Lipinski definition) is 0. The highest BCUT2D eigenvalue weighted by atomic mass is 32.1. The highest BCUT2D eigenvalue weighted by Crippen LogP contribution is 2.36. The van der Waals surface area contributed by atoms with Gasteiger partial charge in [0.15, 0.2) is 16.3 Å². The Morgan fingerprint density at radius 1 is 1.08 bits per heavy atom. The first kappa shape index (κ1) is 25.9. The van der Waals surface area contributed by atoms with E-state index in [0.717, 1.165) is 0 Å². The van der Waals surface area contributed by atoms with Gasteiger partial charge in [-0.15, -0.1) is 0 Å². The molecule has 2 heterocycles. The number of thiazole rings is 1. The van der Waals surface area contributed by atoms with E-state index in [-0.39, 0.29) is 17.7 Å². The Morgan fingerprint density at radius 3 is 2.49 bits per heavy atom. The minimum atomic E-state index is -0.805. The van der Waals surface area contributed by atoms with E-state index in [0.29, 0.717) is 43.4 Å². The zero-order valence-corrected chi connectivity index (χ0v) is 21.9. The lowest BCUT2D eigenvalue weighted by Crippen LogP contribution is -2.40. The molecule has 0 amide bonds. The number of aromatic nitrogens is 1. The molecule has 10 heteroatoms. The number of rotatable bonds is 7. The molecular formula is C27H26N2O7S. The fraction of sp³-hybridized carbons (Fsp3) is 0.259. The van der Waals surface area contributed by atoms with Gasteiger partial charge < -0.3 is 18.9 Å². The van der Waals surface area contributed by atoms with Crippen molar-refractivity contribution in [1.82, 2.24) is 4.57 Å². The lowest BCUT2D eigenvalue weighted by Gasteiger charge is -2.25. The van der Waals surface area contributed by atoms with Gasteiger partial charge in [0.05, 0.1) is 42.7 Å². The zero-order chi connectivity index (χ0) is 26.7. The Kier molecular flexibility index (Phi) is 7.58. The number of allylic oxidation sites excluding steroid dienone is 1. The largest absolute Gasteiger partial charge is 0.493 e. The summed E-state index contributed by atoms with van der Waals surface area (Å²) in [7, 11) is 3.05. The van der Waals surface area contributed by atoms with Crippen molar-refractivity contribution in [3.05, 3.63) is 84.5 Å². The fourth-order valence-electron chi connectivity index (χ4n) is 4.12. The van der Waals surface area contributed by atoms with Gasteiger partial charge in [0, 0.05) is 12.5 Å². The normalized spacial score (nSPS) is 15.1. The molecule has 0 radical (unpaired) electrons. The first-order chi connectivity index (χ1) is 17.8. The molecule has 192 valence electrons. The van der Waals surface area contributed by atoms with Gasteiger partial charge in [0.1, 0.15) is 5.75 Å². The van der Waals surface area contributed by atoms with Gasteiger partial charge in [0.25, 0.3) is 5.56 Å². The van der Waals surface area contributed by atoms with E-state index in [1.807, 2.05) is 0 Å². The number of carbonyl (C=O) groups excluding carboxylic acids is 2. The van der Waals surface area contributed by atoms with Crippen LogP contribution in [0, 0.1) is 0 Å². The van der Waals surface area contributed by atoms with Gasteiger partial charge in [-0.1, -0.05) is 35.6 Å². The number of para-hydroxylation sites is 1. The van der Waals surface area contributed by atoms with Crippen LogP contribution in [0.15, 0.2) is 63.5 Å². The predicted octanol–water partition coefficient (Wildman–Crippen LogP) is 2.74. The maximum Gasteiger partial charge on any atom is 0.338 e. The molecule has 1 aliphatic heterocycles. The molecule has 0 N–H and O–H groups in total. The highest BCUT2D eigenvalue weighted by Gasteiger charge is 2.34. The van der Waals surface area contributed by atoms with E-state index in [1.54, 1.807) is 62.4 Å². The van der Waals surface area contributed by atoms with Crippen LogP contribution in [0.4, 0.5) is 0 Å². The summed E-state index contributed by atoms with van der Waals surface area (Å²) in [5, 5.41) is 0. The van der Waals surface area contributed by atoms with Crippen molar-refractivity contribution in [3.63, 3.8) is 0 Å². The smallest absolute Gasteiger partial charge is 0.338 e. The van der Waals surface area contributed by atoms with Crippen LogP contribution in [0.5, 0.6) is 17.2 Å². The van der Waals surface area contributed by atoms with E-state index < -0.39 is 18.0 Å². The molecule has 9 nitrogen and oxygen atoms in total. The summed E-state index contributed by atoms with van der Waals surface area (Å²) in [4.78, 5) is 43.4. The van der Waals surface area contributed by atoms with Crippen LogP contribution in [-0.2, 0) is 14.3 Å². The molecule has 0 spiro atoms. The summed E-state index contributed by atoms with van der Waals surface area (Å²) in [6, 6.07) is 11.3. The van der Waals surface area contributed by atoms with Crippen molar-refractivity contribution >= 4 is 29.4 Å². The third-order valence-corrected chi connectivity index (χ3v) is 6.68. The summed E-state index contributed by atoms with van der Waals surface area (Å²) in [5.74, 6) is 0.276. The van der Waals surface area contributed by atoms with Crippen LogP contribution in [0.1, 0.15) is 37.9 Å². The van der Waals surface area contributed by atoms with Crippen molar-refractivity contribution in [1.29, 1.82) is 0 Å². The maximum atomic E-state index is 13.8. The molecular weight excluding hydrogens is 496 g/mol. The Hall–Kier alpha value is -4.18. The molecule has 0 fully saturated rings. The van der Waals surface area contributed by atoms with Gasteiger partial charge in [-0.3, -0.25) is 14.2 Å². The van der Waals surface area contributed by atoms with Crippen molar-refractivity contribution in [2.24, 2.45) is 4.99 Å². The highest BCUT2D eigenvalue weighted by molar-refractivity contribution is 7.07. The first-order valence-corrected chi connectivity index (χ1v) is 12.3. The Balaban J connectivity index is 1.96. The topological polar surface area (TPSA) is 105 Å². The quantitative estimate of drug-likeness (QED) is 0.347. The number of fused-ring (bicyclic) bond motifs is 1. The second-order valence-corrected chi connectivity index (χ2v) is 9.06. The zero-order valence-electron chi connectivity index (χ0n) is 21.1. The van der Waals surface area contributed by atoms with E-state index in [4.69, 9.17) is 18.9 Å². The Labute approximate surface area is 216 Å². The van der Waals surface area contributed by atoms with Gasteiger partial charge in [-0.25, -0.2) is 9.79 Å². The monoisotopic (exact) mass is 522 g/mol. The molecule has 3 aromatic rings. The molecule has 1 atom stereocenters. The molecule has 1 aromatic heterocycles. The molecule has 0 saturated carbocycles. The lowest BCUT2D eigenvalue weighted by atomic mass is 9.95. The summed E-state index contributed by atoms with van der Waals surface area (Å²) in [6.07, 6.45) is 1.65. The number of esters is 2. The van der Waals surface area contributed by atoms with E-state index in [9.17, 15) is 14.4 Å². The Bertz CT molecular complexity index is 1580. The van der Waals surface area contributed by atoms with Crippen LogP contribution < -0.4 is 29.1 Å². The number of methoxy groups -OCH3 is 2. The van der Waals surface area contributed by atoms with Crippen LogP contribution in [0.2, 0.25) is 0 Å². The first-order valence-electron chi connectivity index (χ1n) is 11.5. The predicted molar refractivity (Wildman–Crippen MR) is 138 cm³/mol. The number of carbonyl (C=O) groups is 2. The van der Waals surface area contributed by atoms with Gasteiger partial charge in [-0.2, -0.15) is 0 Å². The third kappa shape index (κ3) is 5.05. The fourth-order valence-corrected chi connectivity index (χ4v) is 5.16. The molecule has 0 unspecified atom stereocenters. The van der Waals surface area contributed by atoms with Crippen LogP contribution in [-0.4, -0.2) is 37.3 Å². The van der Waals surface area contributed by atoms with Crippen molar-refractivity contribution < 1.29 is 28.5 Å². The number of benzene rings is 2. The summed E-state index contributed by atoms with van der Waals surface area (Å²) in [5.41, 5.74) is 1.55. The van der Waals surface area contributed by atoms with Crippen LogP contribution in [0.25, 0.3) is 6.08 Å². The Morgan fingerprint density at radius 2 is 1.81 bits per heavy atom. The number of hydrogen-bond acceptors (Lipinski definition) is 9. The molecule has 4 rings (SSSR count). The minimum Gasteiger partial charge on any atom is -0.493 e. The second kappa shape index (κ2) is 10.8. The SMILES string of the molecule is CCOC(=O)C1=C(C)N=c2s/c(=C/c3ccccc3OC(C)=O)c(=O)n2[C@H]1c1ccc(OC)c(OC)c1. The molecule has 0 bridgehead atoms. The van der Waals surface area contributed by atoms with Crippen molar-refractivity contribution in [3.8, 4) is 17.2 Å². The van der Waals surface area contributed by atoms with Crippen molar-refractivity contribution in [2.45, 2.75) is 26.8 Å². The number of nitrogens with zero attached hydrogens (tertiary/aromatic N) is 2. The van der Waals surface area contributed by atoms with E-state index in [1.165, 1.54) is 37.0 Å². The van der Waals surface area contributed by atoms with E-state index in [2.05, 4.69) is 4.99 Å². The summed E-state index contributed by atoms with van der Waals surface area (Å²) < 4.78 is 23.3. The van der Waals surface area contributed by atoms with Gasteiger partial charge in [0.2, 0.25) is 0 Å². The van der Waals surface area contributed by atoms with Crippen molar-refractivity contribution in [2.75, 3.05) is 20.8 Å². The summed E-state index contributed by atoms with van der Waals surface area (Å²) in [6.45, 7) is 4.92. The van der Waals surface area contributed by atoms with E-state index >= 15 is 0 Å². The second-order valence-electron chi connectivity index (χ2n) is 8.05. The molecule has 37 heavy (non-hydrogen) atoms. The minimum absolute atomic E-state index is 0.172. The average Bonchev–Trinajstić information content (AvgIpc) is 3.17. The molecule has 2 aromatic carbocycles. The standard InChI is InChI=1S/C27H26N2O7S/c1-6-35-26(32)23-15(2)28-27-29(24(23)18-11-12-20(33-4)21(13-18)34-5)25(31)22(37-27)14-17-9-7-8-10-19(17)36-16(3)30/h7-14,24H,6H2,1-5H3/b22-14+/t24-/m0/s1. The maximum absolute atomic E-state index is 13.8. The molecule has 0 saturated heterocycles. The molecule has 1 aliphatic rings. The van der Waals surface area contributed by atoms with Crippen LogP contribution >= 0.6 is 11.3 Å². The average molecular weight is 523 g/mol. The third-order valence-electron chi connectivity index (χ3n) is 5.70. The van der Waals surface area contributed by atoms with Gasteiger partial charge in [-0.05, 0) is 43.7 Å². The number of ether oxygens (including phenoxy) is 4. The van der Waals surface area contributed by atoms with Gasteiger partial charge >= 0.3 is 11.9 Å². The van der Waals surface area contributed by atoms with Crippen LogP contribution in [0.3, 0.4) is 0 Å². The lowest BCUT2D eigenvalue weighted by molar-refractivity contribution is -0.139.